The Labute approximate surface area is 124 Å². The van der Waals surface area contributed by atoms with E-state index in [0.717, 1.165) is 30.6 Å². The first-order valence-electron chi connectivity index (χ1n) is 5.58. The fourth-order valence-electron chi connectivity index (χ4n) is 1.80. The van der Waals surface area contributed by atoms with Crippen LogP contribution in [0.25, 0.3) is 0 Å². The highest BCUT2D eigenvalue weighted by Crippen LogP contribution is 2.34. The lowest BCUT2D eigenvalue weighted by Crippen LogP contribution is -2.29. The molecule has 1 aliphatic carbocycles. The maximum absolute atomic E-state index is 12.0. The lowest BCUT2D eigenvalue weighted by molar-refractivity contribution is 0.468. The maximum Gasteiger partial charge on any atom is 0.250 e. The summed E-state index contributed by atoms with van der Waals surface area (Å²) in [5, 5.41) is 0.431. The first-order chi connectivity index (χ1) is 8.49. The minimum Gasteiger partial charge on any atom is -0.210 e. The standard InChI is InChI=1S/C11H13BrClNO2S2/c12-11-9(13)6-10(17-11)18(15,16)14-7-8-4-2-1-3-5-8/h1-2,6,8,14H,3-5,7H2. The van der Waals surface area contributed by atoms with Gasteiger partial charge in [-0.3, -0.25) is 0 Å². The summed E-state index contributed by atoms with van der Waals surface area (Å²) in [4.78, 5) is 0. The van der Waals surface area contributed by atoms with E-state index in [1.165, 1.54) is 6.07 Å². The van der Waals surface area contributed by atoms with Crippen LogP contribution in [-0.4, -0.2) is 15.0 Å². The second-order valence-electron chi connectivity index (χ2n) is 4.19. The zero-order chi connectivity index (χ0) is 13.2. The molecule has 1 aliphatic rings. The van der Waals surface area contributed by atoms with E-state index < -0.39 is 10.0 Å². The Bertz CT molecular complexity index is 534. The van der Waals surface area contributed by atoms with Crippen LogP contribution in [0.5, 0.6) is 0 Å². The van der Waals surface area contributed by atoms with Gasteiger partial charge in [0.25, 0.3) is 0 Å². The third kappa shape index (κ3) is 3.57. The molecule has 0 amide bonds. The van der Waals surface area contributed by atoms with Crippen molar-refractivity contribution in [3.63, 3.8) is 0 Å². The Balaban J connectivity index is 2.01. The van der Waals surface area contributed by atoms with E-state index in [4.69, 9.17) is 11.6 Å². The van der Waals surface area contributed by atoms with Gasteiger partial charge in [0.05, 0.1) is 8.81 Å². The largest absolute Gasteiger partial charge is 0.250 e. The number of thiophene rings is 1. The summed E-state index contributed by atoms with van der Waals surface area (Å²) >= 11 is 10.2. The van der Waals surface area contributed by atoms with E-state index in [-0.39, 0.29) is 4.21 Å². The van der Waals surface area contributed by atoms with Crippen molar-refractivity contribution in [2.75, 3.05) is 6.54 Å². The smallest absolute Gasteiger partial charge is 0.210 e. The Kier molecular flexibility index (Phi) is 4.88. The molecular formula is C11H13BrClNO2S2. The normalized spacial score (nSPS) is 20.2. The number of halogens is 2. The van der Waals surface area contributed by atoms with Crippen LogP contribution in [0.15, 0.2) is 26.2 Å². The van der Waals surface area contributed by atoms with Crippen LogP contribution in [0.4, 0.5) is 0 Å². The van der Waals surface area contributed by atoms with E-state index in [9.17, 15) is 8.42 Å². The van der Waals surface area contributed by atoms with Crippen LogP contribution in [0, 0.1) is 5.92 Å². The summed E-state index contributed by atoms with van der Waals surface area (Å²) in [5.41, 5.74) is 0. The average Bonchev–Trinajstić information content (AvgIpc) is 2.70. The van der Waals surface area contributed by atoms with Crippen molar-refractivity contribution in [3.8, 4) is 0 Å². The van der Waals surface area contributed by atoms with Crippen molar-refractivity contribution in [2.24, 2.45) is 5.92 Å². The molecular weight excluding hydrogens is 358 g/mol. The van der Waals surface area contributed by atoms with Gasteiger partial charge in [0.1, 0.15) is 4.21 Å². The van der Waals surface area contributed by atoms with Crippen LogP contribution in [0.1, 0.15) is 19.3 Å². The Morgan fingerprint density at radius 1 is 1.50 bits per heavy atom. The second kappa shape index (κ2) is 6.05. The first-order valence-corrected chi connectivity index (χ1v) is 9.05. The summed E-state index contributed by atoms with van der Waals surface area (Å²) in [5.74, 6) is 0.392. The van der Waals surface area contributed by atoms with Crippen LogP contribution in [-0.2, 0) is 10.0 Å². The molecule has 1 aromatic rings. The van der Waals surface area contributed by atoms with Crippen molar-refractivity contribution >= 4 is 48.9 Å². The first kappa shape index (κ1) is 14.5. The molecule has 2 rings (SSSR count). The van der Waals surface area contributed by atoms with Crippen LogP contribution >= 0.6 is 38.9 Å². The molecule has 7 heteroatoms. The molecule has 0 aromatic carbocycles. The van der Waals surface area contributed by atoms with Crippen LogP contribution in [0.3, 0.4) is 0 Å². The lowest BCUT2D eigenvalue weighted by Gasteiger charge is -2.17. The second-order valence-corrected chi connectivity index (χ2v) is 8.96. The van der Waals surface area contributed by atoms with Gasteiger partial charge in [-0.25, -0.2) is 13.1 Å². The molecule has 0 saturated carbocycles. The highest BCUT2D eigenvalue weighted by Gasteiger charge is 2.20. The van der Waals surface area contributed by atoms with Gasteiger partial charge in [-0.15, -0.1) is 11.3 Å². The number of hydrogen-bond donors (Lipinski definition) is 1. The molecule has 0 fully saturated rings. The zero-order valence-electron chi connectivity index (χ0n) is 9.53. The number of nitrogens with one attached hydrogen (secondary N) is 1. The predicted molar refractivity (Wildman–Crippen MR) is 78.7 cm³/mol. The molecule has 0 spiro atoms. The van der Waals surface area contributed by atoms with Crippen molar-refractivity contribution < 1.29 is 8.42 Å². The van der Waals surface area contributed by atoms with Gasteiger partial charge in [0, 0.05) is 6.54 Å². The van der Waals surface area contributed by atoms with Crippen LogP contribution in [0.2, 0.25) is 5.02 Å². The summed E-state index contributed by atoms with van der Waals surface area (Å²) < 4.78 is 27.6. The van der Waals surface area contributed by atoms with Gasteiger partial charge in [0.2, 0.25) is 10.0 Å². The predicted octanol–water partition coefficient (Wildman–Crippen LogP) is 3.80. The highest BCUT2D eigenvalue weighted by atomic mass is 79.9. The molecule has 1 aromatic heterocycles. The highest BCUT2D eigenvalue weighted by molar-refractivity contribution is 9.11. The topological polar surface area (TPSA) is 46.2 Å². The Morgan fingerprint density at radius 2 is 2.28 bits per heavy atom. The summed E-state index contributed by atoms with van der Waals surface area (Å²) in [6.07, 6.45) is 7.26. The van der Waals surface area contributed by atoms with Gasteiger partial charge in [0.15, 0.2) is 0 Å². The fourth-order valence-corrected chi connectivity index (χ4v) is 5.36. The van der Waals surface area contributed by atoms with Gasteiger partial charge < -0.3 is 0 Å². The van der Waals surface area contributed by atoms with Crippen molar-refractivity contribution in [1.29, 1.82) is 0 Å². The Morgan fingerprint density at radius 3 is 2.83 bits per heavy atom. The quantitative estimate of drug-likeness (QED) is 0.819. The lowest BCUT2D eigenvalue weighted by atomic mass is 9.95. The van der Waals surface area contributed by atoms with Gasteiger partial charge in [-0.05, 0) is 47.2 Å². The van der Waals surface area contributed by atoms with E-state index in [2.05, 4.69) is 32.8 Å². The Hall–Kier alpha value is 0.120. The molecule has 1 unspecified atom stereocenters. The van der Waals surface area contributed by atoms with E-state index >= 15 is 0 Å². The summed E-state index contributed by atoms with van der Waals surface area (Å²) in [7, 11) is -3.43. The van der Waals surface area contributed by atoms with Crippen molar-refractivity contribution in [2.45, 2.75) is 23.5 Å². The molecule has 0 bridgehead atoms. The molecule has 1 N–H and O–H groups in total. The van der Waals surface area contributed by atoms with Crippen molar-refractivity contribution in [1.82, 2.24) is 4.72 Å². The molecule has 1 heterocycles. The van der Waals surface area contributed by atoms with E-state index in [1.54, 1.807) is 0 Å². The molecule has 100 valence electrons. The molecule has 18 heavy (non-hydrogen) atoms. The minimum atomic E-state index is -3.43. The number of hydrogen-bond acceptors (Lipinski definition) is 3. The summed E-state index contributed by atoms with van der Waals surface area (Å²) in [6.45, 7) is 0.486. The summed E-state index contributed by atoms with van der Waals surface area (Å²) in [6, 6.07) is 1.47. The monoisotopic (exact) mass is 369 g/mol. The van der Waals surface area contributed by atoms with Gasteiger partial charge in [-0.1, -0.05) is 23.8 Å². The van der Waals surface area contributed by atoms with Gasteiger partial charge >= 0.3 is 0 Å². The van der Waals surface area contributed by atoms with Crippen molar-refractivity contribution in [3.05, 3.63) is 27.0 Å². The molecule has 0 saturated heterocycles. The molecule has 0 radical (unpaired) electrons. The zero-order valence-corrected chi connectivity index (χ0v) is 13.5. The third-order valence-corrected chi connectivity index (χ3v) is 7.20. The molecule has 0 aliphatic heterocycles. The average molecular weight is 371 g/mol. The minimum absolute atomic E-state index is 0.255. The SMILES string of the molecule is O=S(=O)(NCC1CC=CCC1)c1cc(Cl)c(Br)s1. The van der Waals surface area contributed by atoms with E-state index in [1.807, 2.05) is 0 Å². The number of sulfonamides is 1. The molecule has 3 nitrogen and oxygen atoms in total. The van der Waals surface area contributed by atoms with Crippen LogP contribution < -0.4 is 4.72 Å². The van der Waals surface area contributed by atoms with E-state index in [0.29, 0.717) is 21.3 Å². The maximum atomic E-state index is 12.0. The number of allylic oxidation sites excluding steroid dienone is 2. The third-order valence-electron chi connectivity index (χ3n) is 2.83. The van der Waals surface area contributed by atoms with Gasteiger partial charge in [-0.2, -0.15) is 0 Å². The fraction of sp³-hybridized carbons (Fsp3) is 0.455. The molecule has 1 atom stereocenters. The number of rotatable bonds is 4.